The van der Waals surface area contributed by atoms with Gasteiger partial charge in [0.25, 0.3) is 0 Å². The monoisotopic (exact) mass is 391 g/mol. The van der Waals surface area contributed by atoms with Gasteiger partial charge in [-0.1, -0.05) is 0 Å². The average molecular weight is 391 g/mol. The molecule has 3 heterocycles. The SMILES string of the molecule is CC(=O)c1nn(CC(=O)N2CC[C@@H]3C[C@H]32)c2ccc(OCc3ncccn3)cc12. The number of hydrogen-bond acceptors (Lipinski definition) is 6. The van der Waals surface area contributed by atoms with Crippen molar-refractivity contribution in [2.75, 3.05) is 6.54 Å². The molecule has 2 atom stereocenters. The fourth-order valence-corrected chi connectivity index (χ4v) is 4.10. The van der Waals surface area contributed by atoms with Gasteiger partial charge in [0.2, 0.25) is 5.91 Å². The molecule has 1 aliphatic carbocycles. The van der Waals surface area contributed by atoms with Crippen LogP contribution < -0.4 is 4.74 Å². The van der Waals surface area contributed by atoms with Crippen LogP contribution in [0.4, 0.5) is 0 Å². The second-order valence-electron chi connectivity index (χ2n) is 7.63. The smallest absolute Gasteiger partial charge is 0.244 e. The van der Waals surface area contributed by atoms with E-state index in [9.17, 15) is 9.59 Å². The zero-order valence-electron chi connectivity index (χ0n) is 16.1. The van der Waals surface area contributed by atoms with E-state index in [1.807, 2.05) is 17.0 Å². The highest BCUT2D eigenvalue weighted by Gasteiger charge is 2.48. The van der Waals surface area contributed by atoms with Crippen LogP contribution in [0.2, 0.25) is 0 Å². The number of rotatable bonds is 6. The molecule has 3 aromatic rings. The van der Waals surface area contributed by atoms with Crippen molar-refractivity contribution >= 4 is 22.6 Å². The molecular weight excluding hydrogens is 370 g/mol. The first kappa shape index (κ1) is 17.8. The van der Waals surface area contributed by atoms with E-state index in [1.165, 1.54) is 6.92 Å². The third-order valence-electron chi connectivity index (χ3n) is 5.67. The summed E-state index contributed by atoms with van der Waals surface area (Å²) in [5, 5.41) is 5.12. The molecule has 1 saturated heterocycles. The Morgan fingerprint density at radius 2 is 2.07 bits per heavy atom. The molecule has 2 aliphatic rings. The Kier molecular flexibility index (Phi) is 4.26. The second kappa shape index (κ2) is 6.95. The van der Waals surface area contributed by atoms with Gasteiger partial charge in [-0.3, -0.25) is 14.3 Å². The van der Waals surface area contributed by atoms with Crippen LogP contribution in [0, 0.1) is 5.92 Å². The van der Waals surface area contributed by atoms with E-state index in [-0.39, 0.29) is 24.8 Å². The number of ketones is 1. The molecule has 2 aromatic heterocycles. The average Bonchev–Trinajstić information content (AvgIpc) is 3.23. The van der Waals surface area contributed by atoms with Crippen molar-refractivity contribution in [2.45, 2.75) is 39.0 Å². The third-order valence-corrected chi connectivity index (χ3v) is 5.67. The standard InChI is InChI=1S/C21H21N5O3/c1-13(27)21-16-10-15(29-12-19-22-6-2-7-23-19)3-4-17(16)26(24-21)11-20(28)25-8-5-14-9-18(14)25/h2-4,6-7,10,14,18H,5,8-9,11-12H2,1H3/t14-,18-/m1/s1. The molecule has 1 aromatic carbocycles. The number of benzene rings is 1. The number of aromatic nitrogens is 4. The minimum Gasteiger partial charge on any atom is -0.486 e. The predicted octanol–water partition coefficient (Wildman–Crippen LogP) is 2.23. The molecule has 8 nitrogen and oxygen atoms in total. The van der Waals surface area contributed by atoms with E-state index in [2.05, 4.69) is 15.1 Å². The Balaban J connectivity index is 1.40. The molecule has 1 amide bonds. The number of likely N-dealkylation sites (tertiary alicyclic amines) is 1. The zero-order valence-corrected chi connectivity index (χ0v) is 16.1. The van der Waals surface area contributed by atoms with Gasteiger partial charge >= 0.3 is 0 Å². The van der Waals surface area contributed by atoms with Crippen molar-refractivity contribution in [1.82, 2.24) is 24.6 Å². The van der Waals surface area contributed by atoms with Crippen molar-refractivity contribution in [2.24, 2.45) is 5.92 Å². The summed E-state index contributed by atoms with van der Waals surface area (Å²) in [6.45, 7) is 2.68. The lowest BCUT2D eigenvalue weighted by Crippen LogP contribution is -2.34. The molecule has 1 saturated carbocycles. The van der Waals surface area contributed by atoms with Crippen LogP contribution in [0.3, 0.4) is 0 Å². The molecule has 8 heteroatoms. The fraction of sp³-hybridized carbons (Fsp3) is 0.381. The lowest BCUT2D eigenvalue weighted by molar-refractivity contribution is -0.131. The highest BCUT2D eigenvalue weighted by atomic mass is 16.5. The lowest BCUT2D eigenvalue weighted by Gasteiger charge is -2.18. The van der Waals surface area contributed by atoms with E-state index in [1.54, 1.807) is 29.2 Å². The van der Waals surface area contributed by atoms with Gasteiger partial charge in [0, 0.05) is 37.3 Å². The second-order valence-corrected chi connectivity index (χ2v) is 7.63. The molecular formula is C21H21N5O3. The van der Waals surface area contributed by atoms with Gasteiger partial charge in [0.1, 0.15) is 24.6 Å². The van der Waals surface area contributed by atoms with E-state index in [0.717, 1.165) is 24.9 Å². The van der Waals surface area contributed by atoms with E-state index in [4.69, 9.17) is 4.74 Å². The summed E-state index contributed by atoms with van der Waals surface area (Å²) in [6.07, 6.45) is 5.54. The normalized spacial score (nSPS) is 20.0. The van der Waals surface area contributed by atoms with E-state index >= 15 is 0 Å². The zero-order chi connectivity index (χ0) is 20.0. The number of ether oxygens (including phenoxy) is 1. The van der Waals surface area contributed by atoms with Crippen LogP contribution in [0.5, 0.6) is 5.75 Å². The van der Waals surface area contributed by atoms with Crippen LogP contribution in [0.25, 0.3) is 10.9 Å². The van der Waals surface area contributed by atoms with Crippen molar-refractivity contribution in [3.63, 3.8) is 0 Å². The highest BCUT2D eigenvalue weighted by molar-refractivity contribution is 6.05. The molecule has 0 spiro atoms. The topological polar surface area (TPSA) is 90.2 Å². The van der Waals surface area contributed by atoms with Gasteiger partial charge in [-0.2, -0.15) is 5.10 Å². The van der Waals surface area contributed by atoms with Crippen LogP contribution >= 0.6 is 0 Å². The largest absolute Gasteiger partial charge is 0.486 e. The Bertz CT molecular complexity index is 1090. The molecule has 0 radical (unpaired) electrons. The third kappa shape index (κ3) is 3.35. The molecule has 0 unspecified atom stereocenters. The Labute approximate surface area is 167 Å². The number of carbonyl (C=O) groups excluding carboxylic acids is 2. The van der Waals surface area contributed by atoms with Crippen LogP contribution in [0.15, 0.2) is 36.7 Å². The quantitative estimate of drug-likeness (QED) is 0.599. The van der Waals surface area contributed by atoms with Gasteiger partial charge < -0.3 is 9.64 Å². The summed E-state index contributed by atoms with van der Waals surface area (Å²) in [6, 6.07) is 7.60. The summed E-state index contributed by atoms with van der Waals surface area (Å²) in [5.41, 5.74) is 1.10. The minimum absolute atomic E-state index is 0.0658. The Morgan fingerprint density at radius 3 is 2.76 bits per heavy atom. The first-order valence-electron chi connectivity index (χ1n) is 9.80. The van der Waals surface area contributed by atoms with E-state index < -0.39 is 0 Å². The molecule has 0 bridgehead atoms. The van der Waals surface area contributed by atoms with Crippen molar-refractivity contribution in [3.05, 3.63) is 48.2 Å². The summed E-state index contributed by atoms with van der Waals surface area (Å²) in [4.78, 5) is 35.1. The summed E-state index contributed by atoms with van der Waals surface area (Å²) >= 11 is 0. The van der Waals surface area contributed by atoms with Crippen molar-refractivity contribution in [1.29, 1.82) is 0 Å². The summed E-state index contributed by atoms with van der Waals surface area (Å²) in [7, 11) is 0. The lowest BCUT2D eigenvalue weighted by atomic mass is 10.1. The number of piperidine rings is 1. The molecule has 148 valence electrons. The number of hydrogen-bond donors (Lipinski definition) is 0. The predicted molar refractivity (Wildman–Crippen MR) is 104 cm³/mol. The number of Topliss-reactive ketones (excluding diaryl/α,β-unsaturated/α-hetero) is 1. The molecule has 0 N–H and O–H groups in total. The van der Waals surface area contributed by atoms with Crippen LogP contribution in [-0.2, 0) is 17.9 Å². The van der Waals surface area contributed by atoms with Crippen molar-refractivity contribution in [3.8, 4) is 5.75 Å². The molecule has 2 fully saturated rings. The molecule has 5 rings (SSSR count). The first-order valence-corrected chi connectivity index (χ1v) is 9.80. The number of carbonyl (C=O) groups is 2. The van der Waals surface area contributed by atoms with E-state index in [0.29, 0.717) is 34.6 Å². The van der Waals surface area contributed by atoms with Gasteiger partial charge in [-0.25, -0.2) is 9.97 Å². The first-order chi connectivity index (χ1) is 14.1. The van der Waals surface area contributed by atoms with Crippen LogP contribution in [0.1, 0.15) is 36.1 Å². The van der Waals surface area contributed by atoms with Gasteiger partial charge in [0.05, 0.1) is 5.52 Å². The molecule has 29 heavy (non-hydrogen) atoms. The van der Waals surface area contributed by atoms with Gasteiger partial charge in [-0.15, -0.1) is 0 Å². The molecule has 1 aliphatic heterocycles. The fourth-order valence-electron chi connectivity index (χ4n) is 4.10. The van der Waals surface area contributed by atoms with Gasteiger partial charge in [-0.05, 0) is 43.0 Å². The van der Waals surface area contributed by atoms with Crippen LogP contribution in [-0.4, -0.2) is 48.9 Å². The number of fused-ring (bicyclic) bond motifs is 2. The number of nitrogens with zero attached hydrogens (tertiary/aromatic N) is 5. The minimum atomic E-state index is -0.145. The number of amides is 1. The van der Waals surface area contributed by atoms with Gasteiger partial charge in [0.15, 0.2) is 11.6 Å². The Hall–Kier alpha value is -3.29. The summed E-state index contributed by atoms with van der Waals surface area (Å²) < 4.78 is 7.41. The Morgan fingerprint density at radius 1 is 1.24 bits per heavy atom. The van der Waals surface area contributed by atoms with Crippen molar-refractivity contribution < 1.29 is 14.3 Å². The highest BCUT2D eigenvalue weighted by Crippen LogP contribution is 2.44. The summed E-state index contributed by atoms with van der Waals surface area (Å²) in [5.74, 6) is 1.78. The maximum absolute atomic E-state index is 12.7. The maximum Gasteiger partial charge on any atom is 0.244 e. The maximum atomic E-state index is 12.7.